The third kappa shape index (κ3) is 3.36. The monoisotopic (exact) mass is 307 g/mol. The molecule has 0 bridgehead atoms. The molecule has 2 heterocycles. The van der Waals surface area contributed by atoms with Gasteiger partial charge in [0.15, 0.2) is 0 Å². The molecule has 120 valence electrons. The van der Waals surface area contributed by atoms with Gasteiger partial charge >= 0.3 is 0 Å². The maximum Gasteiger partial charge on any atom is 0.245 e. The average molecular weight is 307 g/mol. The van der Waals surface area contributed by atoms with Gasteiger partial charge in [-0.1, -0.05) is 6.07 Å². The van der Waals surface area contributed by atoms with Crippen molar-refractivity contribution in [2.75, 3.05) is 33.9 Å². The maximum atomic E-state index is 12.4. The van der Waals surface area contributed by atoms with E-state index in [1.165, 1.54) is 12.0 Å². The summed E-state index contributed by atoms with van der Waals surface area (Å²) in [7, 11) is 3.10. The van der Waals surface area contributed by atoms with E-state index in [2.05, 4.69) is 4.98 Å². The fourth-order valence-corrected chi connectivity index (χ4v) is 2.47. The third-order valence-corrected chi connectivity index (χ3v) is 3.73. The van der Waals surface area contributed by atoms with Gasteiger partial charge in [0.25, 0.3) is 0 Å². The van der Waals surface area contributed by atoms with Crippen LogP contribution in [-0.4, -0.2) is 66.6 Å². The summed E-state index contributed by atoms with van der Waals surface area (Å²) in [6, 6.07) is 3.11. The van der Waals surface area contributed by atoms with Crippen molar-refractivity contribution >= 4 is 11.8 Å². The second-order valence-electron chi connectivity index (χ2n) is 5.12. The van der Waals surface area contributed by atoms with Crippen LogP contribution in [0.4, 0.5) is 0 Å². The second kappa shape index (κ2) is 7.22. The number of amides is 2. The van der Waals surface area contributed by atoms with Crippen molar-refractivity contribution in [3.8, 4) is 5.88 Å². The molecule has 0 N–H and O–H groups in total. The highest BCUT2D eigenvalue weighted by Crippen LogP contribution is 2.20. The van der Waals surface area contributed by atoms with Gasteiger partial charge in [0.2, 0.25) is 17.7 Å². The van der Waals surface area contributed by atoms with Crippen LogP contribution < -0.4 is 4.74 Å². The SMILES string of the molecule is COCCN1CC(=O)N(Cc2cccnc2OC)[C@@H](C)C1=O. The van der Waals surface area contributed by atoms with E-state index in [4.69, 9.17) is 9.47 Å². The minimum atomic E-state index is -0.511. The van der Waals surface area contributed by atoms with Gasteiger partial charge in [-0.05, 0) is 13.0 Å². The van der Waals surface area contributed by atoms with Gasteiger partial charge in [-0.2, -0.15) is 0 Å². The molecule has 2 amide bonds. The number of carbonyl (C=O) groups excluding carboxylic acids is 2. The van der Waals surface area contributed by atoms with E-state index in [-0.39, 0.29) is 18.4 Å². The fourth-order valence-electron chi connectivity index (χ4n) is 2.47. The molecule has 0 saturated carbocycles. The number of aromatic nitrogens is 1. The molecule has 0 unspecified atom stereocenters. The summed E-state index contributed by atoms with van der Waals surface area (Å²) in [5.41, 5.74) is 0.781. The number of hydrogen-bond acceptors (Lipinski definition) is 5. The fraction of sp³-hybridized carbons (Fsp3) is 0.533. The molecule has 22 heavy (non-hydrogen) atoms. The molecule has 1 aliphatic heterocycles. The molecule has 1 atom stereocenters. The Balaban J connectivity index is 2.12. The largest absolute Gasteiger partial charge is 0.481 e. The van der Waals surface area contributed by atoms with Crippen LogP contribution in [0.2, 0.25) is 0 Å². The first-order valence-corrected chi connectivity index (χ1v) is 7.13. The Hall–Kier alpha value is -2.15. The molecule has 1 fully saturated rings. The molecule has 0 aliphatic carbocycles. The summed E-state index contributed by atoms with van der Waals surface area (Å²) in [4.78, 5) is 31.9. The normalized spacial score (nSPS) is 18.8. The van der Waals surface area contributed by atoms with Crippen molar-refractivity contribution in [2.45, 2.75) is 19.5 Å². The number of hydrogen-bond donors (Lipinski definition) is 0. The minimum Gasteiger partial charge on any atom is -0.481 e. The van der Waals surface area contributed by atoms with E-state index in [1.807, 2.05) is 6.07 Å². The highest BCUT2D eigenvalue weighted by molar-refractivity contribution is 5.94. The molecular weight excluding hydrogens is 286 g/mol. The van der Waals surface area contributed by atoms with Gasteiger partial charge in [0.05, 0.1) is 26.8 Å². The zero-order valence-corrected chi connectivity index (χ0v) is 13.1. The lowest BCUT2D eigenvalue weighted by atomic mass is 10.1. The lowest BCUT2D eigenvalue weighted by Gasteiger charge is -2.38. The van der Waals surface area contributed by atoms with Gasteiger partial charge < -0.3 is 19.3 Å². The van der Waals surface area contributed by atoms with E-state index >= 15 is 0 Å². The van der Waals surface area contributed by atoms with E-state index in [0.29, 0.717) is 25.6 Å². The highest BCUT2D eigenvalue weighted by atomic mass is 16.5. The van der Waals surface area contributed by atoms with E-state index < -0.39 is 6.04 Å². The van der Waals surface area contributed by atoms with Crippen LogP contribution in [0.5, 0.6) is 5.88 Å². The molecule has 0 radical (unpaired) electrons. The van der Waals surface area contributed by atoms with Gasteiger partial charge in [0.1, 0.15) is 6.04 Å². The Morgan fingerprint density at radius 2 is 2.14 bits per heavy atom. The van der Waals surface area contributed by atoms with Crippen molar-refractivity contribution in [2.24, 2.45) is 0 Å². The minimum absolute atomic E-state index is 0.0699. The number of ether oxygens (including phenoxy) is 2. The van der Waals surface area contributed by atoms with Crippen LogP contribution in [0.15, 0.2) is 18.3 Å². The number of piperazine rings is 1. The van der Waals surface area contributed by atoms with Crippen molar-refractivity contribution in [3.05, 3.63) is 23.9 Å². The molecule has 0 aromatic carbocycles. The van der Waals surface area contributed by atoms with Crippen LogP contribution in [-0.2, 0) is 20.9 Å². The molecule has 2 rings (SSSR count). The van der Waals surface area contributed by atoms with Gasteiger partial charge in [-0.15, -0.1) is 0 Å². The lowest BCUT2D eigenvalue weighted by molar-refractivity contribution is -0.156. The van der Waals surface area contributed by atoms with Gasteiger partial charge in [-0.25, -0.2) is 4.98 Å². The lowest BCUT2D eigenvalue weighted by Crippen LogP contribution is -2.58. The zero-order chi connectivity index (χ0) is 16.1. The molecular formula is C15H21N3O4. The summed E-state index contributed by atoms with van der Waals surface area (Å²) in [5.74, 6) is 0.311. The molecule has 0 spiro atoms. The first-order chi connectivity index (χ1) is 10.6. The summed E-state index contributed by atoms with van der Waals surface area (Å²) < 4.78 is 10.2. The topological polar surface area (TPSA) is 72.0 Å². The number of nitrogens with zero attached hydrogens (tertiary/aromatic N) is 3. The predicted octanol–water partition coefficient (Wildman–Crippen LogP) is 0.296. The Bertz CT molecular complexity index is 549. The van der Waals surface area contributed by atoms with Crippen LogP contribution in [0, 0.1) is 0 Å². The van der Waals surface area contributed by atoms with Gasteiger partial charge in [0, 0.05) is 25.4 Å². The number of rotatable bonds is 6. The Morgan fingerprint density at radius 1 is 1.36 bits per heavy atom. The number of pyridine rings is 1. The van der Waals surface area contributed by atoms with Crippen molar-refractivity contribution < 1.29 is 19.1 Å². The van der Waals surface area contributed by atoms with Crippen LogP contribution in [0.25, 0.3) is 0 Å². The predicted molar refractivity (Wildman–Crippen MR) is 79.3 cm³/mol. The Kier molecular flexibility index (Phi) is 5.32. The zero-order valence-electron chi connectivity index (χ0n) is 13.1. The Morgan fingerprint density at radius 3 is 2.82 bits per heavy atom. The summed E-state index contributed by atoms with van der Waals surface area (Å²) in [5, 5.41) is 0. The molecule has 1 aromatic rings. The van der Waals surface area contributed by atoms with E-state index in [9.17, 15) is 9.59 Å². The van der Waals surface area contributed by atoms with Crippen LogP contribution in [0.3, 0.4) is 0 Å². The molecule has 1 aliphatic rings. The molecule has 7 nitrogen and oxygen atoms in total. The molecule has 7 heteroatoms. The van der Waals surface area contributed by atoms with Crippen LogP contribution in [0.1, 0.15) is 12.5 Å². The number of methoxy groups -OCH3 is 2. The van der Waals surface area contributed by atoms with E-state index in [1.54, 1.807) is 31.2 Å². The smallest absolute Gasteiger partial charge is 0.245 e. The summed E-state index contributed by atoms with van der Waals surface area (Å²) in [6.07, 6.45) is 1.63. The summed E-state index contributed by atoms with van der Waals surface area (Å²) in [6.45, 7) is 2.97. The van der Waals surface area contributed by atoms with E-state index in [0.717, 1.165) is 5.56 Å². The Labute approximate surface area is 129 Å². The highest BCUT2D eigenvalue weighted by Gasteiger charge is 2.36. The van der Waals surface area contributed by atoms with Gasteiger partial charge in [-0.3, -0.25) is 9.59 Å². The van der Waals surface area contributed by atoms with Crippen molar-refractivity contribution in [3.63, 3.8) is 0 Å². The second-order valence-corrected chi connectivity index (χ2v) is 5.12. The quantitative estimate of drug-likeness (QED) is 0.755. The first kappa shape index (κ1) is 16.2. The van der Waals surface area contributed by atoms with Crippen molar-refractivity contribution in [1.29, 1.82) is 0 Å². The van der Waals surface area contributed by atoms with Crippen molar-refractivity contribution in [1.82, 2.24) is 14.8 Å². The third-order valence-electron chi connectivity index (χ3n) is 3.73. The summed E-state index contributed by atoms with van der Waals surface area (Å²) >= 11 is 0. The van der Waals surface area contributed by atoms with Crippen LogP contribution >= 0.6 is 0 Å². The molecule has 1 aromatic heterocycles. The molecule has 1 saturated heterocycles. The first-order valence-electron chi connectivity index (χ1n) is 7.13. The number of carbonyl (C=O) groups is 2. The average Bonchev–Trinajstić information content (AvgIpc) is 2.54. The maximum absolute atomic E-state index is 12.4. The standard InChI is InChI=1S/C15H21N3O4/c1-11-15(20)17(7-8-21-2)10-13(19)18(11)9-12-5-4-6-16-14(12)22-3/h4-6,11H,7-10H2,1-3H3/t11-/m0/s1.